The van der Waals surface area contributed by atoms with Crippen molar-refractivity contribution in [1.82, 2.24) is 0 Å². The highest BCUT2D eigenvalue weighted by Crippen LogP contribution is 2.16. The molecular formula is C38H80IN. The number of unbranched alkanes of at least 4 members (excludes halogenated alkanes) is 30. The third kappa shape index (κ3) is 36.7. The zero-order chi connectivity index (χ0) is 28.5. The topological polar surface area (TPSA) is 0 Å². The summed E-state index contributed by atoms with van der Waals surface area (Å²) in [6, 6.07) is 0. The molecule has 0 aliphatic rings. The number of nitrogens with zero attached hydrogens (tertiary/aromatic N) is 1. The first-order valence-electron chi connectivity index (χ1n) is 18.9. The van der Waals surface area contributed by atoms with Gasteiger partial charge >= 0.3 is 0 Å². The summed E-state index contributed by atoms with van der Waals surface area (Å²) in [5.41, 5.74) is 0. The molecule has 0 spiro atoms. The highest BCUT2D eigenvalue weighted by Gasteiger charge is 2.13. The van der Waals surface area contributed by atoms with Gasteiger partial charge in [-0.3, -0.25) is 0 Å². The molecular weight excluding hydrogens is 597 g/mol. The molecule has 40 heavy (non-hydrogen) atoms. The van der Waals surface area contributed by atoms with Crippen LogP contribution in [0.2, 0.25) is 0 Å². The molecule has 0 radical (unpaired) electrons. The van der Waals surface area contributed by atoms with E-state index in [-0.39, 0.29) is 24.0 Å². The Labute approximate surface area is 273 Å². The molecule has 0 saturated carbocycles. The standard InChI is InChI=1S/C38H80N.HI/c1-5-7-9-11-13-15-17-19-21-23-25-27-29-31-33-35-37-39(3,4)38-36-34-32-30-28-26-24-22-20-18-16-14-12-10-8-6-2;/h5-38H2,1-4H3;1H/q+1;/p-1. The monoisotopic (exact) mass is 678 g/mol. The molecule has 1 nitrogen and oxygen atoms in total. The summed E-state index contributed by atoms with van der Waals surface area (Å²) in [4.78, 5) is 0. The first kappa shape index (κ1) is 42.8. The van der Waals surface area contributed by atoms with Crippen LogP contribution < -0.4 is 24.0 Å². The van der Waals surface area contributed by atoms with Crippen LogP contribution in [0.15, 0.2) is 0 Å². The molecule has 0 amide bonds. The maximum Gasteiger partial charge on any atom is 0.0782 e. The zero-order valence-electron chi connectivity index (χ0n) is 28.9. The summed E-state index contributed by atoms with van der Waals surface area (Å²) in [7, 11) is 4.94. The molecule has 0 aromatic heterocycles. The molecule has 0 unspecified atom stereocenters. The molecule has 0 aromatic rings. The number of hydrogen-bond acceptors (Lipinski definition) is 0. The summed E-state index contributed by atoms with van der Waals surface area (Å²) in [5.74, 6) is 0. The molecule has 0 bridgehead atoms. The minimum absolute atomic E-state index is 0. The zero-order valence-corrected chi connectivity index (χ0v) is 31.0. The van der Waals surface area contributed by atoms with Gasteiger partial charge in [-0.1, -0.05) is 194 Å². The molecule has 0 aromatic carbocycles. The van der Waals surface area contributed by atoms with Crippen LogP contribution in [-0.2, 0) is 0 Å². The van der Waals surface area contributed by atoms with Gasteiger partial charge in [-0.05, 0) is 25.7 Å². The van der Waals surface area contributed by atoms with E-state index in [1.165, 1.54) is 223 Å². The van der Waals surface area contributed by atoms with Crippen LogP contribution in [0.3, 0.4) is 0 Å². The van der Waals surface area contributed by atoms with E-state index in [4.69, 9.17) is 0 Å². The van der Waals surface area contributed by atoms with Crippen LogP contribution in [-0.4, -0.2) is 31.7 Å². The van der Waals surface area contributed by atoms with Gasteiger partial charge < -0.3 is 28.5 Å². The predicted molar refractivity (Wildman–Crippen MR) is 181 cm³/mol. The van der Waals surface area contributed by atoms with Crippen molar-refractivity contribution in [1.29, 1.82) is 0 Å². The lowest BCUT2D eigenvalue weighted by atomic mass is 10.0. The number of rotatable bonds is 34. The lowest BCUT2D eigenvalue weighted by Crippen LogP contribution is -3.00. The maximum atomic E-state index is 2.47. The summed E-state index contributed by atoms with van der Waals surface area (Å²) < 4.78 is 1.25. The summed E-state index contributed by atoms with van der Waals surface area (Å²) in [6.07, 6.45) is 46.9. The van der Waals surface area contributed by atoms with Crippen molar-refractivity contribution >= 4 is 0 Å². The van der Waals surface area contributed by atoms with E-state index >= 15 is 0 Å². The fourth-order valence-electron chi connectivity index (χ4n) is 6.29. The van der Waals surface area contributed by atoms with E-state index in [2.05, 4.69) is 27.9 Å². The average Bonchev–Trinajstić information content (AvgIpc) is 2.92. The Balaban J connectivity index is 0. The molecule has 2 heteroatoms. The quantitative estimate of drug-likeness (QED) is 0.0361. The van der Waals surface area contributed by atoms with E-state index in [1.807, 2.05) is 0 Å². The lowest BCUT2D eigenvalue weighted by molar-refractivity contribution is -0.890. The van der Waals surface area contributed by atoms with Crippen LogP contribution >= 0.6 is 0 Å². The van der Waals surface area contributed by atoms with E-state index in [1.54, 1.807) is 0 Å². The second kappa shape index (κ2) is 35.9. The Hall–Kier alpha value is 0.690. The Morgan fingerprint density at radius 2 is 0.400 bits per heavy atom. The minimum atomic E-state index is 0. The van der Waals surface area contributed by atoms with Crippen LogP contribution in [0, 0.1) is 0 Å². The van der Waals surface area contributed by atoms with Crippen molar-refractivity contribution in [3.8, 4) is 0 Å². The molecule has 0 saturated heterocycles. The van der Waals surface area contributed by atoms with Crippen molar-refractivity contribution in [2.75, 3.05) is 27.2 Å². The van der Waals surface area contributed by atoms with Gasteiger partial charge in [0.05, 0.1) is 27.2 Å². The van der Waals surface area contributed by atoms with Gasteiger partial charge in [0.15, 0.2) is 0 Å². The fraction of sp³-hybridized carbons (Fsp3) is 1.00. The maximum absolute atomic E-state index is 2.47. The van der Waals surface area contributed by atoms with Gasteiger partial charge in [0.25, 0.3) is 0 Å². The lowest BCUT2D eigenvalue weighted by Gasteiger charge is -2.30. The molecule has 0 heterocycles. The van der Waals surface area contributed by atoms with Crippen molar-refractivity contribution in [2.24, 2.45) is 0 Å². The SMILES string of the molecule is CCCCCCCCCCCCCCCCCC[N+](C)(C)CCCCCCCCCCCCCCCCCC.[I-]. The second-order valence-electron chi connectivity index (χ2n) is 14.0. The van der Waals surface area contributed by atoms with Crippen molar-refractivity contribution < 1.29 is 28.5 Å². The Bertz CT molecular complexity index is 397. The summed E-state index contributed by atoms with van der Waals surface area (Å²) >= 11 is 0. The predicted octanol–water partition coefficient (Wildman–Crippen LogP) is 10.6. The third-order valence-electron chi connectivity index (χ3n) is 9.23. The van der Waals surface area contributed by atoms with Crippen molar-refractivity contribution in [3.63, 3.8) is 0 Å². The van der Waals surface area contributed by atoms with Crippen molar-refractivity contribution in [2.45, 2.75) is 219 Å². The number of halogens is 1. The average molecular weight is 678 g/mol. The molecule has 0 N–H and O–H groups in total. The van der Waals surface area contributed by atoms with Crippen LogP contribution in [0.4, 0.5) is 0 Å². The third-order valence-corrected chi connectivity index (χ3v) is 9.23. The van der Waals surface area contributed by atoms with Crippen LogP contribution in [0.25, 0.3) is 0 Å². The van der Waals surface area contributed by atoms with E-state index < -0.39 is 0 Å². The molecule has 0 rings (SSSR count). The van der Waals surface area contributed by atoms with Gasteiger partial charge in [0, 0.05) is 0 Å². The molecule has 0 aliphatic heterocycles. The van der Waals surface area contributed by atoms with Crippen molar-refractivity contribution in [3.05, 3.63) is 0 Å². The molecule has 244 valence electrons. The first-order chi connectivity index (χ1) is 19.1. The first-order valence-corrected chi connectivity index (χ1v) is 18.9. The number of hydrogen-bond donors (Lipinski definition) is 0. The largest absolute Gasteiger partial charge is 1.00 e. The summed E-state index contributed by atoms with van der Waals surface area (Å²) in [6.45, 7) is 7.39. The van der Waals surface area contributed by atoms with Gasteiger partial charge in [-0.15, -0.1) is 0 Å². The van der Waals surface area contributed by atoms with Gasteiger partial charge in [0.2, 0.25) is 0 Å². The van der Waals surface area contributed by atoms with Gasteiger partial charge in [-0.25, -0.2) is 0 Å². The second-order valence-corrected chi connectivity index (χ2v) is 14.0. The molecule has 0 atom stereocenters. The van der Waals surface area contributed by atoms with E-state index in [9.17, 15) is 0 Å². The molecule has 0 aliphatic carbocycles. The Morgan fingerprint density at radius 3 is 0.575 bits per heavy atom. The van der Waals surface area contributed by atoms with E-state index in [0.717, 1.165) is 0 Å². The smallest absolute Gasteiger partial charge is 0.0782 e. The number of quaternary nitrogens is 1. The fourth-order valence-corrected chi connectivity index (χ4v) is 6.29. The molecule has 0 fully saturated rings. The van der Waals surface area contributed by atoms with Crippen LogP contribution in [0.1, 0.15) is 219 Å². The highest BCUT2D eigenvalue weighted by atomic mass is 127. The van der Waals surface area contributed by atoms with Gasteiger partial charge in [-0.2, -0.15) is 0 Å². The van der Waals surface area contributed by atoms with E-state index in [0.29, 0.717) is 0 Å². The van der Waals surface area contributed by atoms with Gasteiger partial charge in [0.1, 0.15) is 0 Å². The minimum Gasteiger partial charge on any atom is -1.00 e. The summed E-state index contributed by atoms with van der Waals surface area (Å²) in [5, 5.41) is 0. The van der Waals surface area contributed by atoms with Crippen LogP contribution in [0.5, 0.6) is 0 Å². The Morgan fingerprint density at radius 1 is 0.250 bits per heavy atom. The normalized spacial score (nSPS) is 11.7. The Kier molecular flexibility index (Phi) is 38.4. The highest BCUT2D eigenvalue weighted by molar-refractivity contribution is 4.52.